The zero-order chi connectivity index (χ0) is 14.1. The molecule has 2 nitrogen and oxygen atoms in total. The highest BCUT2D eigenvalue weighted by atomic mass is 15.2. The van der Waals surface area contributed by atoms with Gasteiger partial charge in [0, 0.05) is 22.3 Å². The Morgan fingerprint density at radius 1 is 0.700 bits per heavy atom. The normalized spacial score (nSPS) is 47.8. The number of fused-ring (bicyclic) bond motifs is 4. The van der Waals surface area contributed by atoms with Crippen LogP contribution in [0.15, 0.2) is 10.2 Å². The Kier molecular flexibility index (Phi) is 2.58. The summed E-state index contributed by atoms with van der Waals surface area (Å²) in [5, 5.41) is 9.72. The molecule has 20 heavy (non-hydrogen) atoms. The van der Waals surface area contributed by atoms with Crippen LogP contribution in [-0.4, -0.2) is 11.4 Å². The van der Waals surface area contributed by atoms with Gasteiger partial charge in [-0.2, -0.15) is 10.2 Å². The first-order valence-electron chi connectivity index (χ1n) is 8.57. The summed E-state index contributed by atoms with van der Waals surface area (Å²) < 4.78 is 0. The van der Waals surface area contributed by atoms with Crippen LogP contribution in [0.1, 0.15) is 66.2 Å². The SMILES string of the molecule is CC1(C)/C(=N\N=C2/[C@@H]3CC[C@@H](C3)C2(C)C)[C@H]2CC[C@@H]1C2. The van der Waals surface area contributed by atoms with Gasteiger partial charge in [0.05, 0.1) is 0 Å². The molecule has 0 unspecified atom stereocenters. The van der Waals surface area contributed by atoms with Crippen LogP contribution in [0.2, 0.25) is 0 Å². The molecule has 0 N–H and O–H groups in total. The zero-order valence-corrected chi connectivity index (χ0v) is 13.4. The molecule has 0 aromatic heterocycles. The first-order valence-corrected chi connectivity index (χ1v) is 8.57. The van der Waals surface area contributed by atoms with Crippen molar-refractivity contribution in [1.82, 2.24) is 0 Å². The second kappa shape index (κ2) is 3.96. The van der Waals surface area contributed by atoms with Crippen LogP contribution in [0.4, 0.5) is 0 Å². The molecule has 0 amide bonds. The van der Waals surface area contributed by atoms with E-state index in [4.69, 9.17) is 10.2 Å². The average molecular weight is 272 g/mol. The van der Waals surface area contributed by atoms with Crippen LogP contribution in [0.25, 0.3) is 0 Å². The molecule has 0 aromatic rings. The summed E-state index contributed by atoms with van der Waals surface area (Å²) in [5.74, 6) is 3.20. The quantitative estimate of drug-likeness (QED) is 0.618. The minimum Gasteiger partial charge on any atom is -0.159 e. The van der Waals surface area contributed by atoms with Crippen LogP contribution in [0, 0.1) is 34.5 Å². The van der Waals surface area contributed by atoms with Crippen molar-refractivity contribution in [2.24, 2.45) is 44.7 Å². The summed E-state index contributed by atoms with van der Waals surface area (Å²) in [5.41, 5.74) is 3.43. The second-order valence-corrected chi connectivity index (χ2v) is 8.83. The molecule has 4 fully saturated rings. The lowest BCUT2D eigenvalue weighted by atomic mass is 9.75. The third-order valence-corrected chi connectivity index (χ3v) is 7.27. The Hall–Kier alpha value is -0.660. The fourth-order valence-corrected chi connectivity index (χ4v) is 5.77. The van der Waals surface area contributed by atoms with E-state index < -0.39 is 0 Å². The van der Waals surface area contributed by atoms with E-state index in [2.05, 4.69) is 27.7 Å². The average Bonchev–Trinajstić information content (AvgIpc) is 3.07. The van der Waals surface area contributed by atoms with Crippen molar-refractivity contribution in [3.8, 4) is 0 Å². The van der Waals surface area contributed by atoms with Crippen molar-refractivity contribution in [1.29, 1.82) is 0 Å². The lowest BCUT2D eigenvalue weighted by Crippen LogP contribution is -2.32. The Morgan fingerprint density at radius 3 is 1.40 bits per heavy atom. The molecule has 0 saturated heterocycles. The van der Waals surface area contributed by atoms with Gasteiger partial charge in [-0.15, -0.1) is 0 Å². The van der Waals surface area contributed by atoms with Gasteiger partial charge in [-0.1, -0.05) is 27.7 Å². The first-order chi connectivity index (χ1) is 9.40. The number of rotatable bonds is 1. The van der Waals surface area contributed by atoms with Gasteiger partial charge in [-0.05, 0) is 62.2 Å². The molecule has 0 heterocycles. The molecule has 0 aromatic carbocycles. The largest absolute Gasteiger partial charge is 0.159 e. The van der Waals surface area contributed by atoms with Crippen molar-refractivity contribution >= 4 is 11.4 Å². The van der Waals surface area contributed by atoms with Crippen molar-refractivity contribution in [3.63, 3.8) is 0 Å². The molecular formula is C18H28N2. The smallest absolute Gasteiger partial charge is 0.0495 e. The maximum Gasteiger partial charge on any atom is 0.0495 e. The van der Waals surface area contributed by atoms with E-state index >= 15 is 0 Å². The number of hydrogen-bond acceptors (Lipinski definition) is 2. The molecule has 0 aliphatic heterocycles. The summed E-state index contributed by atoms with van der Waals surface area (Å²) in [6, 6.07) is 0. The monoisotopic (exact) mass is 272 g/mol. The predicted octanol–water partition coefficient (Wildman–Crippen LogP) is 4.70. The lowest BCUT2D eigenvalue weighted by Gasteiger charge is -2.32. The molecule has 2 heteroatoms. The minimum absolute atomic E-state index is 0.300. The van der Waals surface area contributed by atoms with Gasteiger partial charge in [0.2, 0.25) is 0 Å². The van der Waals surface area contributed by atoms with Crippen LogP contribution >= 0.6 is 0 Å². The third kappa shape index (κ3) is 1.57. The lowest BCUT2D eigenvalue weighted by molar-refractivity contribution is 0.330. The maximum absolute atomic E-state index is 4.86. The van der Waals surface area contributed by atoms with E-state index in [0.29, 0.717) is 10.8 Å². The molecule has 4 saturated carbocycles. The Labute approximate surface area is 123 Å². The van der Waals surface area contributed by atoms with Crippen molar-refractivity contribution < 1.29 is 0 Å². The van der Waals surface area contributed by atoms with Gasteiger partial charge >= 0.3 is 0 Å². The van der Waals surface area contributed by atoms with E-state index in [0.717, 1.165) is 23.7 Å². The maximum atomic E-state index is 4.86. The molecule has 0 spiro atoms. The minimum atomic E-state index is 0.300. The summed E-state index contributed by atoms with van der Waals surface area (Å²) in [7, 11) is 0. The number of hydrogen-bond donors (Lipinski definition) is 0. The summed E-state index contributed by atoms with van der Waals surface area (Å²) in [6.07, 6.45) is 8.26. The van der Waals surface area contributed by atoms with E-state index in [-0.39, 0.29) is 0 Å². The van der Waals surface area contributed by atoms with Gasteiger partial charge in [0.1, 0.15) is 0 Å². The van der Waals surface area contributed by atoms with E-state index in [9.17, 15) is 0 Å². The summed E-state index contributed by atoms with van der Waals surface area (Å²) in [4.78, 5) is 0. The van der Waals surface area contributed by atoms with Gasteiger partial charge < -0.3 is 0 Å². The van der Waals surface area contributed by atoms with Crippen molar-refractivity contribution in [2.75, 3.05) is 0 Å². The predicted molar refractivity (Wildman–Crippen MR) is 84.1 cm³/mol. The van der Waals surface area contributed by atoms with Gasteiger partial charge in [0.25, 0.3) is 0 Å². The molecule has 4 aliphatic carbocycles. The fourth-order valence-electron chi connectivity index (χ4n) is 5.77. The summed E-state index contributed by atoms with van der Waals surface area (Å²) >= 11 is 0. The van der Waals surface area contributed by atoms with Crippen LogP contribution in [-0.2, 0) is 0 Å². The number of nitrogens with zero attached hydrogens (tertiary/aromatic N) is 2. The second-order valence-electron chi connectivity index (χ2n) is 8.83. The molecule has 4 atom stereocenters. The molecular weight excluding hydrogens is 244 g/mol. The van der Waals surface area contributed by atoms with Crippen LogP contribution in [0.3, 0.4) is 0 Å². The Balaban J connectivity index is 1.67. The van der Waals surface area contributed by atoms with Crippen molar-refractivity contribution in [2.45, 2.75) is 66.2 Å². The summed E-state index contributed by atoms with van der Waals surface area (Å²) in [6.45, 7) is 9.56. The Bertz CT molecular complexity index is 452. The highest BCUT2D eigenvalue weighted by Crippen LogP contribution is 2.55. The van der Waals surface area contributed by atoms with E-state index in [1.807, 2.05) is 0 Å². The van der Waals surface area contributed by atoms with E-state index in [1.165, 1.54) is 49.9 Å². The molecule has 4 rings (SSSR count). The zero-order valence-electron chi connectivity index (χ0n) is 13.4. The standard InChI is InChI=1S/C18H28N2/c1-17(2)13-7-5-11(9-13)15(17)19-20-16-12-6-8-14(10-12)18(16,3)4/h11-14H,5-10H2,1-4H3/b19-15-,20-16+/t11-,12+,13+,14-/m0/s1. The van der Waals surface area contributed by atoms with Gasteiger partial charge in [-0.3, -0.25) is 0 Å². The van der Waals surface area contributed by atoms with Gasteiger partial charge in [-0.25, -0.2) is 0 Å². The molecule has 4 bridgehead atoms. The third-order valence-electron chi connectivity index (χ3n) is 7.27. The molecule has 0 radical (unpaired) electrons. The highest BCUT2D eigenvalue weighted by molar-refractivity contribution is 5.98. The molecule has 110 valence electrons. The van der Waals surface area contributed by atoms with Crippen molar-refractivity contribution in [3.05, 3.63) is 0 Å². The topological polar surface area (TPSA) is 24.7 Å². The Morgan fingerprint density at radius 2 is 1.10 bits per heavy atom. The van der Waals surface area contributed by atoms with Gasteiger partial charge in [0.15, 0.2) is 0 Å². The van der Waals surface area contributed by atoms with Crippen LogP contribution < -0.4 is 0 Å². The van der Waals surface area contributed by atoms with E-state index in [1.54, 1.807) is 0 Å². The fraction of sp³-hybridized carbons (Fsp3) is 0.889. The first kappa shape index (κ1) is 13.0. The molecule has 4 aliphatic rings. The highest BCUT2D eigenvalue weighted by Gasteiger charge is 2.52. The van der Waals surface area contributed by atoms with Crippen LogP contribution in [0.5, 0.6) is 0 Å².